The maximum atomic E-state index is 9.75. The number of hydrogen-bond acceptors (Lipinski definition) is 4. The third-order valence-electron chi connectivity index (χ3n) is 3.50. The molecule has 0 spiro atoms. The normalized spacial score (nSPS) is 28.4. The van der Waals surface area contributed by atoms with Crippen LogP contribution >= 0.6 is 11.6 Å². The van der Waals surface area contributed by atoms with Crippen LogP contribution in [-0.4, -0.2) is 24.4 Å². The van der Waals surface area contributed by atoms with Crippen LogP contribution in [0, 0.1) is 0 Å². The Balaban J connectivity index is 2.26. The Morgan fingerprint density at radius 3 is 2.85 bits per heavy atom. The fourth-order valence-electron chi connectivity index (χ4n) is 2.34. The van der Waals surface area contributed by atoms with E-state index in [4.69, 9.17) is 25.8 Å². The molecule has 0 amide bonds. The van der Waals surface area contributed by atoms with Crippen molar-refractivity contribution in [3.8, 4) is 0 Å². The maximum absolute atomic E-state index is 9.75. The van der Waals surface area contributed by atoms with Crippen LogP contribution in [0.2, 0.25) is 5.02 Å². The molecule has 0 aliphatic carbocycles. The molecule has 1 saturated heterocycles. The summed E-state index contributed by atoms with van der Waals surface area (Å²) in [5, 5.41) is 10.3. The van der Waals surface area contributed by atoms with Gasteiger partial charge in [0.05, 0.1) is 12.2 Å². The minimum Gasteiger partial charge on any atom is -0.364 e. The fraction of sp³-hybridized carbons (Fsp3) is 0.600. The molecule has 4 atom stereocenters. The molecular weight excluding hydrogens is 280 g/mol. The second-order valence-electron chi connectivity index (χ2n) is 5.05. The van der Waals surface area contributed by atoms with E-state index in [2.05, 4.69) is 6.92 Å². The standard InChI is InChI=1S/C15H21ClO4/c1-4-11-7-9(2)19-15(20-11)12-8-10(14(17)18-3)5-6-13(12)16/h5-6,8-9,11,14-15,17H,4,7H2,1-3H3. The summed E-state index contributed by atoms with van der Waals surface area (Å²) in [5.74, 6) is 0. The highest BCUT2D eigenvalue weighted by molar-refractivity contribution is 6.31. The van der Waals surface area contributed by atoms with E-state index in [9.17, 15) is 5.11 Å². The van der Waals surface area contributed by atoms with Gasteiger partial charge in [0.2, 0.25) is 0 Å². The predicted octanol–water partition coefficient (Wildman–Crippen LogP) is 3.58. The van der Waals surface area contributed by atoms with Gasteiger partial charge in [-0.15, -0.1) is 0 Å². The van der Waals surface area contributed by atoms with E-state index < -0.39 is 12.6 Å². The Kier molecular flexibility index (Phi) is 5.41. The van der Waals surface area contributed by atoms with Crippen LogP contribution in [0.1, 0.15) is 50.4 Å². The number of halogens is 1. The first-order valence-corrected chi connectivity index (χ1v) is 7.24. The van der Waals surface area contributed by atoms with Gasteiger partial charge in [0.25, 0.3) is 0 Å². The van der Waals surface area contributed by atoms with Crippen molar-refractivity contribution in [2.75, 3.05) is 7.11 Å². The Morgan fingerprint density at radius 2 is 2.20 bits per heavy atom. The minimum absolute atomic E-state index is 0.116. The molecule has 4 unspecified atom stereocenters. The molecule has 20 heavy (non-hydrogen) atoms. The number of aliphatic hydroxyl groups is 1. The van der Waals surface area contributed by atoms with Crippen molar-refractivity contribution in [1.29, 1.82) is 0 Å². The average Bonchev–Trinajstić information content (AvgIpc) is 2.46. The number of benzene rings is 1. The summed E-state index contributed by atoms with van der Waals surface area (Å²) >= 11 is 6.23. The van der Waals surface area contributed by atoms with Crippen molar-refractivity contribution in [1.82, 2.24) is 0 Å². The van der Waals surface area contributed by atoms with Gasteiger partial charge in [0.1, 0.15) is 0 Å². The van der Waals surface area contributed by atoms with Crippen LogP contribution < -0.4 is 0 Å². The summed E-state index contributed by atoms with van der Waals surface area (Å²) in [5.41, 5.74) is 1.36. The van der Waals surface area contributed by atoms with E-state index in [1.54, 1.807) is 18.2 Å². The second kappa shape index (κ2) is 6.87. The van der Waals surface area contributed by atoms with Gasteiger partial charge in [0.15, 0.2) is 12.6 Å². The topological polar surface area (TPSA) is 47.9 Å². The highest BCUT2D eigenvalue weighted by Gasteiger charge is 2.29. The molecule has 1 aliphatic heterocycles. The fourth-order valence-corrected chi connectivity index (χ4v) is 2.55. The Morgan fingerprint density at radius 1 is 1.45 bits per heavy atom. The predicted molar refractivity (Wildman–Crippen MR) is 76.5 cm³/mol. The molecule has 1 aromatic rings. The molecule has 0 saturated carbocycles. The molecule has 0 aromatic heterocycles. The molecule has 5 heteroatoms. The SMILES string of the molecule is CCC1CC(C)OC(c2cc(C(O)OC)ccc2Cl)O1. The lowest BCUT2D eigenvalue weighted by molar-refractivity contribution is -0.243. The quantitative estimate of drug-likeness (QED) is 0.864. The van der Waals surface area contributed by atoms with E-state index in [1.807, 2.05) is 6.92 Å². The number of ether oxygens (including phenoxy) is 3. The third-order valence-corrected chi connectivity index (χ3v) is 3.85. The highest BCUT2D eigenvalue weighted by Crippen LogP contribution is 2.35. The number of rotatable bonds is 4. The van der Waals surface area contributed by atoms with Crippen LogP contribution in [0.5, 0.6) is 0 Å². The summed E-state index contributed by atoms with van der Waals surface area (Å²) in [7, 11) is 1.45. The molecule has 0 radical (unpaired) electrons. The molecule has 0 bridgehead atoms. The van der Waals surface area contributed by atoms with Gasteiger partial charge in [-0.25, -0.2) is 0 Å². The van der Waals surface area contributed by atoms with Gasteiger partial charge in [-0.2, -0.15) is 0 Å². The number of hydrogen-bond donors (Lipinski definition) is 1. The molecule has 1 heterocycles. The van der Waals surface area contributed by atoms with Crippen molar-refractivity contribution in [3.63, 3.8) is 0 Å². The number of methoxy groups -OCH3 is 1. The first-order valence-electron chi connectivity index (χ1n) is 6.86. The van der Waals surface area contributed by atoms with Crippen molar-refractivity contribution in [2.45, 2.75) is 51.5 Å². The average molecular weight is 301 g/mol. The molecule has 1 aliphatic rings. The zero-order chi connectivity index (χ0) is 14.7. The molecule has 1 fully saturated rings. The van der Waals surface area contributed by atoms with Crippen LogP contribution in [0.25, 0.3) is 0 Å². The Labute approximate surface area is 124 Å². The molecule has 112 valence electrons. The summed E-state index contributed by atoms with van der Waals surface area (Å²) < 4.78 is 16.6. The minimum atomic E-state index is -0.978. The maximum Gasteiger partial charge on any atom is 0.185 e. The zero-order valence-electron chi connectivity index (χ0n) is 12.0. The lowest BCUT2D eigenvalue weighted by Crippen LogP contribution is -2.32. The summed E-state index contributed by atoms with van der Waals surface area (Å²) in [4.78, 5) is 0. The second-order valence-corrected chi connectivity index (χ2v) is 5.46. The first kappa shape index (κ1) is 15.7. The van der Waals surface area contributed by atoms with Crippen molar-refractivity contribution >= 4 is 11.6 Å². The molecule has 1 aromatic carbocycles. The van der Waals surface area contributed by atoms with Gasteiger partial charge >= 0.3 is 0 Å². The van der Waals surface area contributed by atoms with Crippen LogP contribution in [0.15, 0.2) is 18.2 Å². The van der Waals surface area contributed by atoms with E-state index in [1.165, 1.54) is 7.11 Å². The molecule has 4 nitrogen and oxygen atoms in total. The lowest BCUT2D eigenvalue weighted by atomic mass is 10.1. The van der Waals surface area contributed by atoms with Crippen LogP contribution in [0.3, 0.4) is 0 Å². The summed E-state index contributed by atoms with van der Waals surface area (Å²) in [6.45, 7) is 4.12. The Hall–Kier alpha value is -0.650. The summed E-state index contributed by atoms with van der Waals surface area (Å²) in [6, 6.07) is 5.22. The van der Waals surface area contributed by atoms with Gasteiger partial charge in [-0.05, 0) is 31.9 Å². The van der Waals surface area contributed by atoms with Crippen molar-refractivity contribution < 1.29 is 19.3 Å². The van der Waals surface area contributed by atoms with Crippen LogP contribution in [0.4, 0.5) is 0 Å². The molecule has 2 rings (SSSR count). The smallest absolute Gasteiger partial charge is 0.185 e. The summed E-state index contributed by atoms with van der Waals surface area (Å²) in [6.07, 6.45) is 0.614. The van der Waals surface area contributed by atoms with E-state index in [-0.39, 0.29) is 12.2 Å². The van der Waals surface area contributed by atoms with E-state index in [0.29, 0.717) is 10.6 Å². The van der Waals surface area contributed by atoms with E-state index >= 15 is 0 Å². The van der Waals surface area contributed by atoms with Crippen LogP contribution in [-0.2, 0) is 14.2 Å². The highest BCUT2D eigenvalue weighted by atomic mass is 35.5. The van der Waals surface area contributed by atoms with Crippen molar-refractivity contribution in [3.05, 3.63) is 34.3 Å². The number of aliphatic hydroxyl groups excluding tert-OH is 1. The lowest BCUT2D eigenvalue weighted by Gasteiger charge is -2.34. The zero-order valence-corrected chi connectivity index (χ0v) is 12.8. The molecular formula is C15H21ClO4. The molecule has 1 N–H and O–H groups in total. The first-order chi connectivity index (χ1) is 9.55. The van der Waals surface area contributed by atoms with E-state index in [0.717, 1.165) is 18.4 Å². The van der Waals surface area contributed by atoms with Gasteiger partial charge in [-0.3, -0.25) is 0 Å². The van der Waals surface area contributed by atoms with Gasteiger partial charge in [-0.1, -0.05) is 24.6 Å². The monoisotopic (exact) mass is 300 g/mol. The third kappa shape index (κ3) is 3.51. The largest absolute Gasteiger partial charge is 0.364 e. The van der Waals surface area contributed by atoms with Crippen molar-refractivity contribution in [2.24, 2.45) is 0 Å². The van der Waals surface area contributed by atoms with Gasteiger partial charge < -0.3 is 19.3 Å². The Bertz CT molecular complexity index is 451. The van der Waals surface area contributed by atoms with Gasteiger partial charge in [0, 0.05) is 23.3 Å².